The topological polar surface area (TPSA) is 48.3 Å². The molecule has 0 bridgehead atoms. The Balaban J connectivity index is 0.921. The van der Waals surface area contributed by atoms with Gasteiger partial charge in [-0.1, -0.05) is 158 Å². The molecule has 3 heterocycles. The van der Waals surface area contributed by atoms with Crippen molar-refractivity contribution in [1.29, 1.82) is 0 Å². The van der Waals surface area contributed by atoms with E-state index >= 15 is 0 Å². The summed E-state index contributed by atoms with van der Waals surface area (Å²) >= 11 is 0. The molecular weight excluding hydrogens is 807 g/mol. The molecule has 13 aromatic rings. The van der Waals surface area contributed by atoms with Crippen molar-refractivity contribution in [2.45, 2.75) is 5.41 Å². The maximum Gasteiger partial charge on any atom is 0.344 e. The molecule has 306 valence electrons. The van der Waals surface area contributed by atoms with Gasteiger partial charge in [0, 0.05) is 38.2 Å². The van der Waals surface area contributed by atoms with E-state index in [-0.39, 0.29) is 5.63 Å². The Kier molecular flexibility index (Phi) is 7.00. The lowest BCUT2D eigenvalue weighted by Gasteiger charge is -2.30. The zero-order chi connectivity index (χ0) is 43.3. The molecule has 4 heteroatoms. The largest absolute Gasteiger partial charge is 0.456 e. The fourth-order valence-corrected chi connectivity index (χ4v) is 12.0. The SMILES string of the molecule is O=c1oc2cc(-c3ccc4c(c3)c3ccc5c(c3n4-c3ccccc3)-c3ccccc3C53c4ccccc4-c4ccccc43)ccc2c2ccc(-c3cccc4oc5ccccc5c34)cc12. The molecule has 0 saturated heterocycles. The highest BCUT2D eigenvalue weighted by Crippen LogP contribution is 2.64. The van der Waals surface area contributed by atoms with E-state index in [1.165, 1.54) is 55.4 Å². The molecule has 2 aliphatic carbocycles. The zero-order valence-electron chi connectivity index (χ0n) is 35.4. The predicted molar refractivity (Wildman–Crippen MR) is 269 cm³/mol. The second kappa shape index (κ2) is 12.9. The molecule has 10 aromatic carbocycles. The number of nitrogens with zero attached hydrogens (tertiary/aromatic N) is 1. The van der Waals surface area contributed by atoms with E-state index < -0.39 is 5.41 Å². The lowest BCUT2D eigenvalue weighted by molar-refractivity contribution is 0.570. The van der Waals surface area contributed by atoms with Crippen LogP contribution in [0.3, 0.4) is 0 Å². The van der Waals surface area contributed by atoms with E-state index in [0.29, 0.717) is 11.0 Å². The van der Waals surface area contributed by atoms with Gasteiger partial charge in [0.25, 0.3) is 0 Å². The average molecular weight is 842 g/mol. The number of rotatable bonds is 3. The lowest BCUT2D eigenvalue weighted by atomic mass is 9.70. The van der Waals surface area contributed by atoms with Crippen LogP contribution in [0.4, 0.5) is 0 Å². The van der Waals surface area contributed by atoms with Gasteiger partial charge in [0.2, 0.25) is 0 Å². The van der Waals surface area contributed by atoms with Crippen LogP contribution in [-0.2, 0) is 5.41 Å². The Hall–Kier alpha value is -8.73. The molecule has 4 nitrogen and oxygen atoms in total. The van der Waals surface area contributed by atoms with Gasteiger partial charge in [0.1, 0.15) is 16.7 Å². The summed E-state index contributed by atoms with van der Waals surface area (Å²) in [4.78, 5) is 13.9. The van der Waals surface area contributed by atoms with Crippen LogP contribution in [0.5, 0.6) is 0 Å². The fourth-order valence-electron chi connectivity index (χ4n) is 12.0. The van der Waals surface area contributed by atoms with E-state index in [4.69, 9.17) is 8.83 Å². The Bertz CT molecular complexity index is 4270. The van der Waals surface area contributed by atoms with E-state index in [0.717, 1.165) is 71.6 Å². The van der Waals surface area contributed by atoms with Gasteiger partial charge in [-0.15, -0.1) is 0 Å². The summed E-state index contributed by atoms with van der Waals surface area (Å²) < 4.78 is 14.8. The van der Waals surface area contributed by atoms with Gasteiger partial charge in [-0.3, -0.25) is 0 Å². The van der Waals surface area contributed by atoms with Crippen LogP contribution in [0.2, 0.25) is 0 Å². The molecule has 0 fully saturated rings. The molecule has 0 N–H and O–H groups in total. The van der Waals surface area contributed by atoms with Crippen LogP contribution in [0, 0.1) is 0 Å². The van der Waals surface area contributed by atoms with Gasteiger partial charge >= 0.3 is 5.63 Å². The first kappa shape index (κ1) is 35.7. The molecule has 3 aromatic heterocycles. The second-order valence-corrected chi connectivity index (χ2v) is 17.8. The summed E-state index contributed by atoms with van der Waals surface area (Å²) in [5.41, 5.74) is 19.3. The van der Waals surface area contributed by atoms with Gasteiger partial charge in [0.15, 0.2) is 0 Å². The van der Waals surface area contributed by atoms with Crippen molar-refractivity contribution in [2.24, 2.45) is 0 Å². The molecule has 0 amide bonds. The van der Waals surface area contributed by atoms with Gasteiger partial charge in [-0.2, -0.15) is 0 Å². The fraction of sp³-hybridized carbons (Fsp3) is 0.0161. The van der Waals surface area contributed by atoms with Crippen LogP contribution in [0.25, 0.3) is 116 Å². The second-order valence-electron chi connectivity index (χ2n) is 17.8. The van der Waals surface area contributed by atoms with Crippen LogP contribution in [0.15, 0.2) is 226 Å². The minimum absolute atomic E-state index is 0.360. The summed E-state index contributed by atoms with van der Waals surface area (Å²) in [6.07, 6.45) is 0. The van der Waals surface area contributed by atoms with Crippen LogP contribution < -0.4 is 5.63 Å². The summed E-state index contributed by atoms with van der Waals surface area (Å²) in [7, 11) is 0. The molecule has 66 heavy (non-hydrogen) atoms. The van der Waals surface area contributed by atoms with Crippen LogP contribution >= 0.6 is 0 Å². The Morgan fingerprint density at radius 2 is 0.970 bits per heavy atom. The van der Waals surface area contributed by atoms with Gasteiger partial charge in [-0.25, -0.2) is 4.79 Å². The molecule has 0 aliphatic heterocycles. The van der Waals surface area contributed by atoms with E-state index in [9.17, 15) is 4.79 Å². The minimum Gasteiger partial charge on any atom is -0.456 e. The molecule has 0 saturated carbocycles. The third kappa shape index (κ3) is 4.54. The Labute approximate surface area is 377 Å². The quantitative estimate of drug-likeness (QED) is 0.131. The maximum absolute atomic E-state index is 13.9. The maximum atomic E-state index is 13.9. The highest BCUT2D eigenvalue weighted by molar-refractivity contribution is 6.18. The molecule has 0 radical (unpaired) electrons. The number of aromatic nitrogens is 1. The summed E-state index contributed by atoms with van der Waals surface area (Å²) in [5.74, 6) is 0. The van der Waals surface area contributed by atoms with Crippen molar-refractivity contribution in [3.05, 3.63) is 245 Å². The first-order valence-electron chi connectivity index (χ1n) is 22.5. The smallest absolute Gasteiger partial charge is 0.344 e. The van der Waals surface area contributed by atoms with Crippen molar-refractivity contribution in [3.8, 4) is 50.2 Å². The highest BCUT2D eigenvalue weighted by atomic mass is 16.4. The molecule has 2 aliphatic rings. The first-order valence-corrected chi connectivity index (χ1v) is 22.5. The van der Waals surface area contributed by atoms with Crippen LogP contribution in [0.1, 0.15) is 22.3 Å². The molecule has 0 atom stereocenters. The first-order chi connectivity index (χ1) is 32.6. The third-order valence-corrected chi connectivity index (χ3v) is 14.7. The van der Waals surface area contributed by atoms with Crippen molar-refractivity contribution in [3.63, 3.8) is 0 Å². The van der Waals surface area contributed by atoms with Crippen molar-refractivity contribution in [2.75, 3.05) is 0 Å². The van der Waals surface area contributed by atoms with Crippen molar-refractivity contribution in [1.82, 2.24) is 4.57 Å². The Morgan fingerprint density at radius 3 is 1.79 bits per heavy atom. The normalized spacial score (nSPS) is 13.3. The van der Waals surface area contributed by atoms with Gasteiger partial charge < -0.3 is 13.4 Å². The lowest BCUT2D eigenvalue weighted by Crippen LogP contribution is -2.25. The minimum atomic E-state index is -0.445. The van der Waals surface area contributed by atoms with Gasteiger partial charge in [0.05, 0.1) is 21.8 Å². The summed E-state index contributed by atoms with van der Waals surface area (Å²) in [6, 6.07) is 75.8. The number of para-hydroxylation sites is 2. The molecule has 1 spiro atoms. The predicted octanol–water partition coefficient (Wildman–Crippen LogP) is 15.6. The van der Waals surface area contributed by atoms with Crippen LogP contribution in [-0.4, -0.2) is 4.57 Å². The third-order valence-electron chi connectivity index (χ3n) is 14.7. The van der Waals surface area contributed by atoms with Crippen molar-refractivity contribution >= 4 is 65.5 Å². The van der Waals surface area contributed by atoms with E-state index in [1.807, 2.05) is 42.5 Å². The summed E-state index contributed by atoms with van der Waals surface area (Å²) in [5, 5.41) is 6.74. The van der Waals surface area contributed by atoms with Crippen molar-refractivity contribution < 1.29 is 8.83 Å². The number of hydrogen-bond acceptors (Lipinski definition) is 3. The highest BCUT2D eigenvalue weighted by Gasteiger charge is 2.52. The number of benzene rings is 10. The standard InChI is InChI=1S/C62H35NO3/c64-61-49-34-38(40-19-12-24-56-58(40)47-18-7-11-23-55(47)65-56)26-28-41(49)44-29-25-37(35-57(44)66-61)36-27-32-54-48(33-36)45-30-31-53-59(60(45)63(54)39-13-2-1-3-14-39)46-17-6-10-22-52(46)62(53)50-20-8-4-15-42(50)43-16-5-9-21-51(43)62/h1-35H. The van der Waals surface area contributed by atoms with Gasteiger partial charge in [-0.05, 0) is 121 Å². The zero-order valence-corrected chi connectivity index (χ0v) is 35.4. The number of furan rings is 1. The number of fused-ring (bicyclic) bond motifs is 20. The molecule has 0 unspecified atom stereocenters. The Morgan fingerprint density at radius 1 is 0.364 bits per heavy atom. The van der Waals surface area contributed by atoms with E-state index in [2.05, 4.69) is 174 Å². The number of hydrogen-bond donors (Lipinski definition) is 0. The molecule has 15 rings (SSSR count). The average Bonchev–Trinajstić information content (AvgIpc) is 4.10. The summed E-state index contributed by atoms with van der Waals surface area (Å²) in [6.45, 7) is 0. The monoisotopic (exact) mass is 841 g/mol. The van der Waals surface area contributed by atoms with E-state index in [1.54, 1.807) is 0 Å². The molecular formula is C62H35NO3.